The monoisotopic (exact) mass is 278 g/mol. The van der Waals surface area contributed by atoms with Gasteiger partial charge < -0.3 is 15.2 Å². The molecule has 20 heavy (non-hydrogen) atoms. The van der Waals surface area contributed by atoms with Crippen LogP contribution >= 0.6 is 0 Å². The fourth-order valence-corrected chi connectivity index (χ4v) is 2.71. The molecule has 0 spiro atoms. The number of methoxy groups -OCH3 is 1. The molecule has 0 aliphatic carbocycles. The number of carbonyl (C=O) groups excluding carboxylic acids is 1. The Bertz CT molecular complexity index is 490. The molecule has 1 amide bonds. The second-order valence-corrected chi connectivity index (χ2v) is 5.29. The van der Waals surface area contributed by atoms with Crippen LogP contribution in [0.2, 0.25) is 0 Å². The molecule has 1 saturated heterocycles. The van der Waals surface area contributed by atoms with Gasteiger partial charge in [0, 0.05) is 32.1 Å². The van der Waals surface area contributed by atoms with Crippen LogP contribution in [0.3, 0.4) is 0 Å². The SMILES string of the molecule is COc1cc(C(C)N2CCC(NC(C)=O)C2)ccc1O. The van der Waals surface area contributed by atoms with Gasteiger partial charge >= 0.3 is 0 Å². The minimum Gasteiger partial charge on any atom is -0.504 e. The molecule has 5 nitrogen and oxygen atoms in total. The third-order valence-electron chi connectivity index (χ3n) is 3.86. The van der Waals surface area contributed by atoms with Crippen LogP contribution in [0.4, 0.5) is 0 Å². The van der Waals surface area contributed by atoms with Crippen LogP contribution in [0.25, 0.3) is 0 Å². The van der Waals surface area contributed by atoms with Crippen molar-refractivity contribution in [1.29, 1.82) is 0 Å². The Balaban J connectivity index is 2.05. The lowest BCUT2D eigenvalue weighted by Crippen LogP contribution is -2.36. The molecule has 110 valence electrons. The van der Waals surface area contributed by atoms with E-state index in [0.717, 1.165) is 25.1 Å². The molecule has 0 aromatic heterocycles. The van der Waals surface area contributed by atoms with E-state index in [2.05, 4.69) is 17.1 Å². The summed E-state index contributed by atoms with van der Waals surface area (Å²) in [7, 11) is 1.55. The molecule has 0 bridgehead atoms. The van der Waals surface area contributed by atoms with E-state index in [1.807, 2.05) is 12.1 Å². The third kappa shape index (κ3) is 3.22. The molecule has 2 N–H and O–H groups in total. The highest BCUT2D eigenvalue weighted by atomic mass is 16.5. The first-order valence-electron chi connectivity index (χ1n) is 6.89. The molecule has 2 atom stereocenters. The molecule has 0 radical (unpaired) electrons. The Kier molecular flexibility index (Phi) is 4.49. The predicted octanol–water partition coefficient (Wildman–Crippen LogP) is 1.67. The summed E-state index contributed by atoms with van der Waals surface area (Å²) in [6, 6.07) is 5.89. The lowest BCUT2D eigenvalue weighted by molar-refractivity contribution is -0.119. The zero-order chi connectivity index (χ0) is 14.7. The van der Waals surface area contributed by atoms with Gasteiger partial charge in [0.1, 0.15) is 0 Å². The van der Waals surface area contributed by atoms with Crippen molar-refractivity contribution >= 4 is 5.91 Å². The Morgan fingerprint density at radius 2 is 2.30 bits per heavy atom. The number of benzene rings is 1. The number of nitrogens with zero attached hydrogens (tertiary/aromatic N) is 1. The van der Waals surface area contributed by atoms with Crippen molar-refractivity contribution < 1.29 is 14.6 Å². The molecular weight excluding hydrogens is 256 g/mol. The van der Waals surface area contributed by atoms with E-state index in [1.165, 1.54) is 0 Å². The summed E-state index contributed by atoms with van der Waals surface area (Å²) < 4.78 is 5.15. The topological polar surface area (TPSA) is 61.8 Å². The normalized spacial score (nSPS) is 20.6. The Hall–Kier alpha value is -1.75. The van der Waals surface area contributed by atoms with Crippen LogP contribution in [0.15, 0.2) is 18.2 Å². The van der Waals surface area contributed by atoms with Crippen molar-refractivity contribution in [3.05, 3.63) is 23.8 Å². The second kappa shape index (κ2) is 6.13. The first kappa shape index (κ1) is 14.7. The van der Waals surface area contributed by atoms with Gasteiger partial charge in [-0.3, -0.25) is 9.69 Å². The maximum atomic E-state index is 11.1. The van der Waals surface area contributed by atoms with Crippen LogP contribution in [-0.4, -0.2) is 42.2 Å². The molecule has 0 saturated carbocycles. The minimum atomic E-state index is 0.0239. The van der Waals surface area contributed by atoms with Crippen molar-refractivity contribution in [2.45, 2.75) is 32.4 Å². The Morgan fingerprint density at radius 1 is 1.55 bits per heavy atom. The van der Waals surface area contributed by atoms with Gasteiger partial charge in [-0.1, -0.05) is 6.07 Å². The van der Waals surface area contributed by atoms with Gasteiger partial charge in [-0.15, -0.1) is 0 Å². The van der Waals surface area contributed by atoms with Gasteiger partial charge in [-0.25, -0.2) is 0 Å². The molecule has 1 fully saturated rings. The summed E-state index contributed by atoms with van der Waals surface area (Å²) in [6.45, 7) is 5.48. The predicted molar refractivity (Wildman–Crippen MR) is 76.9 cm³/mol. The number of nitrogens with one attached hydrogen (secondary N) is 1. The van der Waals surface area contributed by atoms with Crippen molar-refractivity contribution in [2.75, 3.05) is 20.2 Å². The number of amides is 1. The summed E-state index contributed by atoms with van der Waals surface area (Å²) >= 11 is 0. The van der Waals surface area contributed by atoms with E-state index in [9.17, 15) is 9.90 Å². The van der Waals surface area contributed by atoms with Gasteiger partial charge in [-0.2, -0.15) is 0 Å². The van der Waals surface area contributed by atoms with Crippen LogP contribution < -0.4 is 10.1 Å². The van der Waals surface area contributed by atoms with Gasteiger partial charge in [-0.05, 0) is 31.0 Å². The summed E-state index contributed by atoms with van der Waals surface area (Å²) in [5.74, 6) is 0.670. The highest BCUT2D eigenvalue weighted by molar-refractivity contribution is 5.73. The maximum absolute atomic E-state index is 11.1. The highest BCUT2D eigenvalue weighted by Gasteiger charge is 2.27. The van der Waals surface area contributed by atoms with Gasteiger partial charge in [0.2, 0.25) is 5.91 Å². The number of hydrogen-bond donors (Lipinski definition) is 2. The number of hydrogen-bond acceptors (Lipinski definition) is 4. The average Bonchev–Trinajstić information content (AvgIpc) is 2.86. The van der Waals surface area contributed by atoms with Crippen molar-refractivity contribution in [2.24, 2.45) is 0 Å². The number of aromatic hydroxyl groups is 1. The van der Waals surface area contributed by atoms with Crippen molar-refractivity contribution in [1.82, 2.24) is 10.2 Å². The summed E-state index contributed by atoms with van der Waals surface area (Å²) in [6.07, 6.45) is 0.971. The third-order valence-corrected chi connectivity index (χ3v) is 3.86. The lowest BCUT2D eigenvalue weighted by Gasteiger charge is -2.25. The zero-order valence-corrected chi connectivity index (χ0v) is 12.2. The van der Waals surface area contributed by atoms with Crippen LogP contribution in [0.5, 0.6) is 11.5 Å². The fourth-order valence-electron chi connectivity index (χ4n) is 2.71. The molecule has 1 heterocycles. The average molecular weight is 278 g/mol. The largest absolute Gasteiger partial charge is 0.504 e. The highest BCUT2D eigenvalue weighted by Crippen LogP contribution is 2.32. The van der Waals surface area contributed by atoms with E-state index < -0.39 is 0 Å². The van der Waals surface area contributed by atoms with E-state index in [4.69, 9.17) is 4.74 Å². The van der Waals surface area contributed by atoms with E-state index in [-0.39, 0.29) is 23.7 Å². The first-order valence-corrected chi connectivity index (χ1v) is 6.89. The maximum Gasteiger partial charge on any atom is 0.217 e. The molecule has 1 aliphatic heterocycles. The van der Waals surface area contributed by atoms with E-state index in [1.54, 1.807) is 20.1 Å². The standard InChI is InChI=1S/C15H22N2O3/c1-10(12-4-5-14(19)15(8-12)20-3)17-7-6-13(9-17)16-11(2)18/h4-5,8,10,13,19H,6-7,9H2,1-3H3,(H,16,18). The number of ether oxygens (including phenoxy) is 1. The van der Waals surface area contributed by atoms with Crippen LogP contribution in [0, 0.1) is 0 Å². The molecular formula is C15H22N2O3. The Labute approximate surface area is 119 Å². The number of rotatable bonds is 4. The molecule has 1 aromatic carbocycles. The molecule has 2 unspecified atom stereocenters. The number of carbonyl (C=O) groups is 1. The van der Waals surface area contributed by atoms with Gasteiger partial charge in [0.05, 0.1) is 7.11 Å². The molecule has 2 rings (SSSR count). The van der Waals surface area contributed by atoms with Crippen molar-refractivity contribution in [3.8, 4) is 11.5 Å². The molecule has 1 aromatic rings. The lowest BCUT2D eigenvalue weighted by atomic mass is 10.1. The number of phenols is 1. The van der Waals surface area contributed by atoms with Gasteiger partial charge in [0.15, 0.2) is 11.5 Å². The molecule has 5 heteroatoms. The minimum absolute atomic E-state index is 0.0239. The summed E-state index contributed by atoms with van der Waals surface area (Å²) in [5, 5.41) is 12.6. The number of likely N-dealkylation sites (tertiary alicyclic amines) is 1. The quantitative estimate of drug-likeness (QED) is 0.879. The second-order valence-electron chi connectivity index (χ2n) is 5.29. The van der Waals surface area contributed by atoms with E-state index in [0.29, 0.717) is 5.75 Å². The van der Waals surface area contributed by atoms with Gasteiger partial charge in [0.25, 0.3) is 0 Å². The molecule has 1 aliphatic rings. The summed E-state index contributed by atoms with van der Waals surface area (Å²) in [4.78, 5) is 13.4. The Morgan fingerprint density at radius 3 is 2.95 bits per heavy atom. The zero-order valence-electron chi connectivity index (χ0n) is 12.2. The van der Waals surface area contributed by atoms with Crippen molar-refractivity contribution in [3.63, 3.8) is 0 Å². The van der Waals surface area contributed by atoms with Crippen LogP contribution in [-0.2, 0) is 4.79 Å². The number of phenolic OH excluding ortho intramolecular Hbond substituents is 1. The fraction of sp³-hybridized carbons (Fsp3) is 0.533. The smallest absolute Gasteiger partial charge is 0.217 e. The van der Waals surface area contributed by atoms with Crippen LogP contribution in [0.1, 0.15) is 31.9 Å². The van der Waals surface area contributed by atoms with E-state index >= 15 is 0 Å². The first-order chi connectivity index (χ1) is 9.51. The summed E-state index contributed by atoms with van der Waals surface area (Å²) in [5.41, 5.74) is 1.10.